The second kappa shape index (κ2) is 7.91. The van der Waals surface area contributed by atoms with E-state index < -0.39 is 10.0 Å². The van der Waals surface area contributed by atoms with Gasteiger partial charge in [-0.05, 0) is 30.2 Å². The van der Waals surface area contributed by atoms with Crippen molar-refractivity contribution < 1.29 is 18.3 Å². The van der Waals surface area contributed by atoms with Gasteiger partial charge in [-0.1, -0.05) is 17.7 Å². The first kappa shape index (κ1) is 18.1. The van der Waals surface area contributed by atoms with Crippen LogP contribution in [0.2, 0.25) is 5.02 Å². The van der Waals surface area contributed by atoms with Gasteiger partial charge in [-0.3, -0.25) is 0 Å². The van der Waals surface area contributed by atoms with Crippen LogP contribution in [0, 0.1) is 6.92 Å². The van der Waals surface area contributed by atoms with Crippen molar-refractivity contribution in [3.8, 4) is 0 Å². The molecule has 0 fully saturated rings. The summed E-state index contributed by atoms with van der Waals surface area (Å²) in [6.45, 7) is 5.62. The van der Waals surface area contributed by atoms with Crippen LogP contribution in [-0.2, 0) is 21.4 Å². The normalized spacial score (nSPS) is 11.9. The second-order valence-corrected chi connectivity index (χ2v) is 6.83. The standard InChI is InChI=1S/C14H20ClNO4S/c1-4-5-16(6-7-20-3)21(18,19)14-9-13(15)8-12(10-17)11(14)2/h4,8-9,17H,1,5-7,10H2,2-3H3. The Kier molecular flexibility index (Phi) is 6.83. The minimum atomic E-state index is -3.73. The maximum Gasteiger partial charge on any atom is 0.243 e. The molecule has 7 heteroatoms. The van der Waals surface area contributed by atoms with E-state index in [1.54, 1.807) is 13.0 Å². The quantitative estimate of drug-likeness (QED) is 0.739. The summed E-state index contributed by atoms with van der Waals surface area (Å²) in [5, 5.41) is 9.58. The number of ether oxygens (including phenoxy) is 1. The van der Waals surface area contributed by atoms with Gasteiger partial charge in [0.1, 0.15) is 0 Å². The van der Waals surface area contributed by atoms with E-state index in [0.717, 1.165) is 0 Å². The lowest BCUT2D eigenvalue weighted by Crippen LogP contribution is -2.34. The predicted molar refractivity (Wildman–Crippen MR) is 82.9 cm³/mol. The zero-order chi connectivity index (χ0) is 16.0. The zero-order valence-corrected chi connectivity index (χ0v) is 13.7. The van der Waals surface area contributed by atoms with Gasteiger partial charge in [0.25, 0.3) is 0 Å². The molecule has 0 aromatic heterocycles. The van der Waals surface area contributed by atoms with Gasteiger partial charge in [-0.15, -0.1) is 6.58 Å². The molecule has 118 valence electrons. The molecule has 0 aliphatic carbocycles. The van der Waals surface area contributed by atoms with Gasteiger partial charge in [0, 0.05) is 25.2 Å². The fourth-order valence-electron chi connectivity index (χ4n) is 1.93. The number of rotatable bonds is 8. The topological polar surface area (TPSA) is 66.8 Å². The van der Waals surface area contributed by atoms with Crippen molar-refractivity contribution in [3.05, 3.63) is 40.9 Å². The van der Waals surface area contributed by atoms with E-state index >= 15 is 0 Å². The third-order valence-electron chi connectivity index (χ3n) is 3.10. The van der Waals surface area contributed by atoms with E-state index in [1.165, 1.54) is 23.6 Å². The molecule has 5 nitrogen and oxygen atoms in total. The lowest BCUT2D eigenvalue weighted by molar-refractivity contribution is 0.182. The second-order valence-electron chi connectivity index (χ2n) is 4.49. The predicted octanol–water partition coefficient (Wildman–Crippen LogP) is 1.96. The van der Waals surface area contributed by atoms with Crippen molar-refractivity contribution in [3.63, 3.8) is 0 Å². The molecular formula is C14H20ClNO4S. The van der Waals surface area contributed by atoms with Crippen LogP contribution in [0.4, 0.5) is 0 Å². The highest BCUT2D eigenvalue weighted by molar-refractivity contribution is 7.89. The molecule has 21 heavy (non-hydrogen) atoms. The van der Waals surface area contributed by atoms with E-state index in [9.17, 15) is 13.5 Å². The fourth-order valence-corrected chi connectivity index (χ4v) is 3.92. The summed E-state index contributed by atoms with van der Waals surface area (Å²) in [5.74, 6) is 0. The Hall–Kier alpha value is -0.920. The molecule has 0 atom stereocenters. The molecule has 0 aliphatic heterocycles. The number of hydrogen-bond donors (Lipinski definition) is 1. The molecule has 0 aliphatic rings. The lowest BCUT2D eigenvalue weighted by Gasteiger charge is -2.22. The monoisotopic (exact) mass is 333 g/mol. The molecule has 0 saturated heterocycles. The maximum absolute atomic E-state index is 12.8. The highest BCUT2D eigenvalue weighted by atomic mass is 35.5. The summed E-state index contributed by atoms with van der Waals surface area (Å²) in [4.78, 5) is 0.0944. The fraction of sp³-hybridized carbons (Fsp3) is 0.429. The van der Waals surface area contributed by atoms with Crippen LogP contribution < -0.4 is 0 Å². The van der Waals surface area contributed by atoms with Crippen molar-refractivity contribution in [2.24, 2.45) is 0 Å². The molecule has 1 rings (SSSR count). The molecule has 0 saturated carbocycles. The molecular weight excluding hydrogens is 314 g/mol. The summed E-state index contributed by atoms with van der Waals surface area (Å²) in [5.41, 5.74) is 0.986. The highest BCUT2D eigenvalue weighted by Gasteiger charge is 2.26. The third-order valence-corrected chi connectivity index (χ3v) is 5.31. The number of sulfonamides is 1. The van der Waals surface area contributed by atoms with Crippen molar-refractivity contribution in [2.75, 3.05) is 26.8 Å². The first-order valence-electron chi connectivity index (χ1n) is 6.38. The Bertz CT molecular complexity index is 601. The number of benzene rings is 1. The Morgan fingerprint density at radius 2 is 2.14 bits per heavy atom. The van der Waals surface area contributed by atoms with Crippen molar-refractivity contribution in [1.29, 1.82) is 0 Å². The van der Waals surface area contributed by atoms with E-state index in [2.05, 4.69) is 6.58 Å². The number of methoxy groups -OCH3 is 1. The molecule has 1 N–H and O–H groups in total. The average molecular weight is 334 g/mol. The summed E-state index contributed by atoms with van der Waals surface area (Å²) in [7, 11) is -2.23. The average Bonchev–Trinajstić information content (AvgIpc) is 2.45. The van der Waals surface area contributed by atoms with E-state index in [4.69, 9.17) is 16.3 Å². The van der Waals surface area contributed by atoms with E-state index in [0.29, 0.717) is 11.1 Å². The molecule has 1 aromatic rings. The van der Waals surface area contributed by atoms with Crippen LogP contribution >= 0.6 is 11.6 Å². The van der Waals surface area contributed by atoms with E-state index in [-0.39, 0.29) is 36.2 Å². The first-order valence-corrected chi connectivity index (χ1v) is 8.20. The van der Waals surface area contributed by atoms with Crippen LogP contribution in [0.5, 0.6) is 0 Å². The molecule has 0 unspecified atom stereocenters. The number of hydrogen-bond acceptors (Lipinski definition) is 4. The zero-order valence-electron chi connectivity index (χ0n) is 12.2. The number of aliphatic hydroxyl groups is 1. The van der Waals surface area contributed by atoms with Crippen LogP contribution in [0.3, 0.4) is 0 Å². The van der Waals surface area contributed by atoms with Crippen molar-refractivity contribution in [1.82, 2.24) is 4.31 Å². The van der Waals surface area contributed by atoms with Gasteiger partial charge in [0.2, 0.25) is 10.0 Å². The van der Waals surface area contributed by atoms with Gasteiger partial charge in [-0.25, -0.2) is 8.42 Å². The van der Waals surface area contributed by atoms with Crippen LogP contribution in [-0.4, -0.2) is 44.6 Å². The number of aliphatic hydroxyl groups excluding tert-OH is 1. The Morgan fingerprint density at radius 1 is 1.48 bits per heavy atom. The summed E-state index contributed by atoms with van der Waals surface area (Å²) in [6.07, 6.45) is 1.51. The Morgan fingerprint density at radius 3 is 2.67 bits per heavy atom. The van der Waals surface area contributed by atoms with Crippen LogP contribution in [0.25, 0.3) is 0 Å². The maximum atomic E-state index is 12.8. The first-order chi connectivity index (χ1) is 9.88. The van der Waals surface area contributed by atoms with Gasteiger partial charge < -0.3 is 9.84 Å². The van der Waals surface area contributed by atoms with Gasteiger partial charge in [-0.2, -0.15) is 4.31 Å². The minimum Gasteiger partial charge on any atom is -0.392 e. The number of nitrogens with zero attached hydrogens (tertiary/aromatic N) is 1. The van der Waals surface area contributed by atoms with Crippen LogP contribution in [0.15, 0.2) is 29.7 Å². The minimum absolute atomic E-state index is 0.0944. The molecule has 0 heterocycles. The largest absolute Gasteiger partial charge is 0.392 e. The van der Waals surface area contributed by atoms with Crippen molar-refractivity contribution in [2.45, 2.75) is 18.4 Å². The summed E-state index contributed by atoms with van der Waals surface area (Å²) in [6, 6.07) is 2.96. The van der Waals surface area contributed by atoms with Gasteiger partial charge in [0.15, 0.2) is 0 Å². The SMILES string of the molecule is C=CCN(CCOC)S(=O)(=O)c1cc(Cl)cc(CO)c1C. The summed E-state index contributed by atoms with van der Waals surface area (Å²) >= 11 is 5.95. The Balaban J connectivity index is 3.33. The van der Waals surface area contributed by atoms with Crippen LogP contribution in [0.1, 0.15) is 11.1 Å². The number of halogens is 1. The lowest BCUT2D eigenvalue weighted by atomic mass is 10.1. The third kappa shape index (κ3) is 4.28. The van der Waals surface area contributed by atoms with Gasteiger partial charge >= 0.3 is 0 Å². The van der Waals surface area contributed by atoms with Gasteiger partial charge in [0.05, 0.1) is 18.1 Å². The van der Waals surface area contributed by atoms with E-state index in [1.807, 2.05) is 0 Å². The smallest absolute Gasteiger partial charge is 0.243 e. The molecule has 0 bridgehead atoms. The molecule has 0 amide bonds. The molecule has 0 spiro atoms. The highest BCUT2D eigenvalue weighted by Crippen LogP contribution is 2.27. The Labute approximate surface area is 130 Å². The van der Waals surface area contributed by atoms with Crippen molar-refractivity contribution >= 4 is 21.6 Å². The molecule has 1 aromatic carbocycles. The molecule has 0 radical (unpaired) electrons. The summed E-state index contributed by atoms with van der Waals surface area (Å²) < 4.78 is 31.7.